The number of carbonyl (C=O) groups is 2. The third kappa shape index (κ3) is 4.35. The van der Waals surface area contributed by atoms with Crippen molar-refractivity contribution < 1.29 is 9.59 Å². The van der Waals surface area contributed by atoms with E-state index in [1.807, 2.05) is 0 Å². The summed E-state index contributed by atoms with van der Waals surface area (Å²) in [6.07, 6.45) is 0. The number of nitrogens with one attached hydrogen (secondary N) is 1. The predicted octanol–water partition coefficient (Wildman–Crippen LogP) is 0.559. The highest BCUT2D eigenvalue weighted by Gasteiger charge is 2.21. The molecule has 1 heterocycles. The van der Waals surface area contributed by atoms with E-state index in [1.165, 1.54) is 16.3 Å². The second kappa shape index (κ2) is 8.09. The SMILES string of the molecule is NCC(=O)NCC(=O)N1CCN(Cc2cccc3ccccc23)CC1. The van der Waals surface area contributed by atoms with E-state index < -0.39 is 0 Å². The van der Waals surface area contributed by atoms with Crippen LogP contribution in [0.5, 0.6) is 0 Å². The first-order valence-electron chi connectivity index (χ1n) is 8.61. The van der Waals surface area contributed by atoms with Gasteiger partial charge in [0, 0.05) is 32.7 Å². The molecule has 2 aromatic carbocycles. The summed E-state index contributed by atoms with van der Waals surface area (Å²) in [4.78, 5) is 27.4. The Morgan fingerprint density at radius 3 is 2.48 bits per heavy atom. The summed E-state index contributed by atoms with van der Waals surface area (Å²) in [6, 6.07) is 14.8. The second-order valence-corrected chi connectivity index (χ2v) is 6.28. The molecule has 0 bridgehead atoms. The van der Waals surface area contributed by atoms with Crippen LogP contribution in [0.25, 0.3) is 10.8 Å². The Balaban J connectivity index is 1.54. The van der Waals surface area contributed by atoms with Gasteiger partial charge in [0.2, 0.25) is 11.8 Å². The number of benzene rings is 2. The van der Waals surface area contributed by atoms with Crippen molar-refractivity contribution in [3.63, 3.8) is 0 Å². The highest BCUT2D eigenvalue weighted by molar-refractivity contribution is 5.86. The summed E-state index contributed by atoms with van der Waals surface area (Å²) in [5, 5.41) is 5.07. The molecule has 1 aliphatic rings. The number of nitrogens with zero attached hydrogens (tertiary/aromatic N) is 2. The number of fused-ring (bicyclic) bond motifs is 1. The Morgan fingerprint density at radius 2 is 1.72 bits per heavy atom. The molecule has 0 spiro atoms. The largest absolute Gasteiger partial charge is 0.346 e. The average molecular weight is 340 g/mol. The van der Waals surface area contributed by atoms with Crippen LogP contribution in [0.1, 0.15) is 5.56 Å². The van der Waals surface area contributed by atoms with Crippen molar-refractivity contribution in [2.45, 2.75) is 6.54 Å². The molecule has 0 saturated carbocycles. The van der Waals surface area contributed by atoms with E-state index in [0.717, 1.165) is 19.6 Å². The van der Waals surface area contributed by atoms with Gasteiger partial charge in [-0.05, 0) is 16.3 Å². The van der Waals surface area contributed by atoms with Gasteiger partial charge in [0.25, 0.3) is 0 Å². The number of rotatable bonds is 5. The van der Waals surface area contributed by atoms with Gasteiger partial charge >= 0.3 is 0 Å². The zero-order chi connectivity index (χ0) is 17.6. The maximum atomic E-state index is 12.1. The van der Waals surface area contributed by atoms with Crippen molar-refractivity contribution in [1.82, 2.24) is 15.1 Å². The molecule has 0 radical (unpaired) electrons. The van der Waals surface area contributed by atoms with Gasteiger partial charge in [-0.1, -0.05) is 42.5 Å². The lowest BCUT2D eigenvalue weighted by molar-refractivity contribution is -0.134. The third-order valence-electron chi connectivity index (χ3n) is 4.62. The Morgan fingerprint density at radius 1 is 1.00 bits per heavy atom. The van der Waals surface area contributed by atoms with Gasteiger partial charge in [0.05, 0.1) is 13.1 Å². The van der Waals surface area contributed by atoms with E-state index in [-0.39, 0.29) is 24.9 Å². The van der Waals surface area contributed by atoms with Crippen molar-refractivity contribution in [3.05, 3.63) is 48.0 Å². The summed E-state index contributed by atoms with van der Waals surface area (Å²) in [5.74, 6) is -0.352. The first-order chi connectivity index (χ1) is 12.2. The zero-order valence-corrected chi connectivity index (χ0v) is 14.3. The summed E-state index contributed by atoms with van der Waals surface area (Å²) >= 11 is 0. The van der Waals surface area contributed by atoms with Crippen LogP contribution in [0, 0.1) is 0 Å². The molecule has 3 N–H and O–H groups in total. The van der Waals surface area contributed by atoms with E-state index in [4.69, 9.17) is 5.73 Å². The molecule has 132 valence electrons. The predicted molar refractivity (Wildman–Crippen MR) is 97.9 cm³/mol. The number of carbonyl (C=O) groups excluding carboxylic acids is 2. The standard InChI is InChI=1S/C19H24N4O2/c20-12-18(24)21-13-19(25)23-10-8-22(9-11-23)14-16-6-3-5-15-4-1-2-7-17(15)16/h1-7H,8-14,20H2,(H,21,24). The quantitative estimate of drug-likeness (QED) is 0.834. The van der Waals surface area contributed by atoms with Crippen molar-refractivity contribution in [2.75, 3.05) is 39.3 Å². The fourth-order valence-electron chi connectivity index (χ4n) is 3.18. The average Bonchev–Trinajstić information content (AvgIpc) is 2.66. The lowest BCUT2D eigenvalue weighted by Crippen LogP contribution is -2.51. The monoisotopic (exact) mass is 340 g/mol. The molecule has 0 atom stereocenters. The Hall–Kier alpha value is -2.44. The number of piperazine rings is 1. The minimum atomic E-state index is -0.303. The smallest absolute Gasteiger partial charge is 0.242 e. The van der Waals surface area contributed by atoms with Gasteiger partial charge in [-0.3, -0.25) is 14.5 Å². The molecular formula is C19H24N4O2. The molecule has 1 saturated heterocycles. The second-order valence-electron chi connectivity index (χ2n) is 6.28. The van der Waals surface area contributed by atoms with E-state index in [2.05, 4.69) is 52.7 Å². The van der Waals surface area contributed by atoms with Crippen LogP contribution in [-0.2, 0) is 16.1 Å². The van der Waals surface area contributed by atoms with Gasteiger partial charge in [0.1, 0.15) is 0 Å². The molecule has 6 nitrogen and oxygen atoms in total. The van der Waals surface area contributed by atoms with Crippen LogP contribution in [-0.4, -0.2) is 60.9 Å². The van der Waals surface area contributed by atoms with E-state index in [1.54, 1.807) is 4.90 Å². The van der Waals surface area contributed by atoms with Crippen molar-refractivity contribution in [2.24, 2.45) is 5.73 Å². The number of hydrogen-bond donors (Lipinski definition) is 2. The summed E-state index contributed by atoms with van der Waals surface area (Å²) in [7, 11) is 0. The first kappa shape index (κ1) is 17.4. The lowest BCUT2D eigenvalue weighted by Gasteiger charge is -2.35. The highest BCUT2D eigenvalue weighted by atomic mass is 16.2. The van der Waals surface area contributed by atoms with Gasteiger partial charge in [-0.2, -0.15) is 0 Å². The van der Waals surface area contributed by atoms with Crippen LogP contribution in [0.15, 0.2) is 42.5 Å². The fourth-order valence-corrected chi connectivity index (χ4v) is 3.18. The topological polar surface area (TPSA) is 78.7 Å². The molecule has 2 aromatic rings. The number of hydrogen-bond acceptors (Lipinski definition) is 4. The summed E-state index contributed by atoms with van der Waals surface area (Å²) in [6.45, 7) is 3.85. The maximum absolute atomic E-state index is 12.1. The Bertz CT molecular complexity index is 749. The zero-order valence-electron chi connectivity index (χ0n) is 14.3. The van der Waals surface area contributed by atoms with Crippen LogP contribution in [0.2, 0.25) is 0 Å². The minimum absolute atomic E-state index is 0.0271. The lowest BCUT2D eigenvalue weighted by atomic mass is 10.0. The highest BCUT2D eigenvalue weighted by Crippen LogP contribution is 2.20. The van der Waals surface area contributed by atoms with Crippen molar-refractivity contribution in [3.8, 4) is 0 Å². The molecule has 3 rings (SSSR count). The van der Waals surface area contributed by atoms with E-state index in [0.29, 0.717) is 13.1 Å². The normalized spacial score (nSPS) is 15.3. The summed E-state index contributed by atoms with van der Waals surface area (Å²) in [5.41, 5.74) is 6.54. The maximum Gasteiger partial charge on any atom is 0.242 e. The third-order valence-corrected chi connectivity index (χ3v) is 4.62. The fraction of sp³-hybridized carbons (Fsp3) is 0.368. The number of nitrogens with two attached hydrogens (primary N) is 1. The van der Waals surface area contributed by atoms with Crippen molar-refractivity contribution >= 4 is 22.6 Å². The van der Waals surface area contributed by atoms with E-state index >= 15 is 0 Å². The first-order valence-corrected chi connectivity index (χ1v) is 8.61. The molecule has 1 fully saturated rings. The number of amides is 2. The Kier molecular flexibility index (Phi) is 5.63. The Labute approximate surface area is 147 Å². The molecular weight excluding hydrogens is 316 g/mol. The van der Waals surface area contributed by atoms with Crippen LogP contribution < -0.4 is 11.1 Å². The molecule has 25 heavy (non-hydrogen) atoms. The van der Waals surface area contributed by atoms with Gasteiger partial charge in [-0.25, -0.2) is 0 Å². The summed E-state index contributed by atoms with van der Waals surface area (Å²) < 4.78 is 0. The van der Waals surface area contributed by atoms with Gasteiger partial charge in [0.15, 0.2) is 0 Å². The van der Waals surface area contributed by atoms with Crippen LogP contribution >= 0.6 is 0 Å². The van der Waals surface area contributed by atoms with Crippen molar-refractivity contribution in [1.29, 1.82) is 0 Å². The van der Waals surface area contributed by atoms with Crippen LogP contribution in [0.3, 0.4) is 0 Å². The van der Waals surface area contributed by atoms with E-state index in [9.17, 15) is 9.59 Å². The molecule has 6 heteroatoms. The van der Waals surface area contributed by atoms with Gasteiger partial charge < -0.3 is 16.0 Å². The van der Waals surface area contributed by atoms with Gasteiger partial charge in [-0.15, -0.1) is 0 Å². The molecule has 2 amide bonds. The molecule has 1 aliphatic heterocycles. The molecule has 0 aromatic heterocycles. The minimum Gasteiger partial charge on any atom is -0.346 e. The molecule has 0 aliphatic carbocycles. The van der Waals surface area contributed by atoms with Crippen LogP contribution in [0.4, 0.5) is 0 Å². The molecule has 0 unspecified atom stereocenters.